The van der Waals surface area contributed by atoms with Crippen LogP contribution in [-0.2, 0) is 11.2 Å². The first-order valence-electron chi connectivity index (χ1n) is 8.91. The Kier molecular flexibility index (Phi) is 4.06. The maximum absolute atomic E-state index is 9.80. The number of hydrogen-bond donors (Lipinski definition) is 0. The zero-order valence-corrected chi connectivity index (χ0v) is 14.7. The van der Waals surface area contributed by atoms with E-state index in [1.807, 2.05) is 18.2 Å². The Balaban J connectivity index is 2.14. The summed E-state index contributed by atoms with van der Waals surface area (Å²) in [5.74, 6) is 1.19. The molecule has 1 fully saturated rings. The van der Waals surface area contributed by atoms with Gasteiger partial charge in [-0.2, -0.15) is 5.26 Å². The summed E-state index contributed by atoms with van der Waals surface area (Å²) in [5, 5.41) is 9.80. The third-order valence-electron chi connectivity index (χ3n) is 5.02. The van der Waals surface area contributed by atoms with E-state index >= 15 is 0 Å². The van der Waals surface area contributed by atoms with Crippen LogP contribution >= 0.6 is 0 Å². The maximum atomic E-state index is 9.80. The number of hydrogen-bond acceptors (Lipinski definition) is 4. The van der Waals surface area contributed by atoms with E-state index in [0.29, 0.717) is 5.56 Å². The lowest BCUT2D eigenvalue weighted by Gasteiger charge is -2.32. The van der Waals surface area contributed by atoms with Gasteiger partial charge in [-0.05, 0) is 36.6 Å². The Hall–Kier alpha value is -2.58. The number of pyridine rings is 1. The van der Waals surface area contributed by atoms with Crippen molar-refractivity contribution < 1.29 is 4.74 Å². The Morgan fingerprint density at radius 1 is 1.24 bits per heavy atom. The molecule has 128 valence electrons. The number of ether oxygens (including phenoxy) is 1. The highest BCUT2D eigenvalue weighted by molar-refractivity contribution is 5.86. The number of nitrogens with zero attached hydrogens (tertiary/aromatic N) is 4. The number of para-hydroxylation sites is 2. The zero-order valence-electron chi connectivity index (χ0n) is 14.7. The minimum atomic E-state index is 0.691. The number of rotatable bonds is 3. The molecule has 0 bridgehead atoms. The summed E-state index contributed by atoms with van der Waals surface area (Å²) in [7, 11) is 0. The van der Waals surface area contributed by atoms with E-state index in [0.717, 1.165) is 61.4 Å². The van der Waals surface area contributed by atoms with Crippen molar-refractivity contribution in [2.75, 3.05) is 31.2 Å². The van der Waals surface area contributed by atoms with Crippen LogP contribution in [0.4, 0.5) is 5.82 Å². The van der Waals surface area contributed by atoms with Crippen molar-refractivity contribution >= 4 is 22.5 Å². The van der Waals surface area contributed by atoms with Crippen molar-refractivity contribution in [2.45, 2.75) is 26.7 Å². The van der Waals surface area contributed by atoms with Crippen molar-refractivity contribution in [2.24, 2.45) is 0 Å². The van der Waals surface area contributed by atoms with Crippen molar-refractivity contribution in [3.63, 3.8) is 0 Å². The standard InChI is InChI=1S/C20H22N4O/c1-3-6-15-14(2)16(13-21)19-22-17-7-4-5-8-18(17)24(19)20(15)23-9-11-25-12-10-23/h4-5,7-8H,3,6,9-12H2,1-2H3. The van der Waals surface area contributed by atoms with E-state index in [9.17, 15) is 5.26 Å². The highest BCUT2D eigenvalue weighted by Gasteiger charge is 2.24. The van der Waals surface area contributed by atoms with E-state index in [1.165, 1.54) is 11.4 Å². The molecule has 0 aliphatic carbocycles. The van der Waals surface area contributed by atoms with E-state index in [-0.39, 0.29) is 0 Å². The lowest BCUT2D eigenvalue weighted by molar-refractivity contribution is 0.122. The second-order valence-electron chi connectivity index (χ2n) is 6.52. The molecule has 25 heavy (non-hydrogen) atoms. The van der Waals surface area contributed by atoms with Gasteiger partial charge in [0.15, 0.2) is 5.65 Å². The molecule has 0 radical (unpaired) electrons. The van der Waals surface area contributed by atoms with Gasteiger partial charge in [0, 0.05) is 13.1 Å². The molecule has 4 rings (SSSR count). The molecule has 3 heterocycles. The minimum absolute atomic E-state index is 0.691. The van der Waals surface area contributed by atoms with Crippen LogP contribution in [0.25, 0.3) is 16.7 Å². The molecule has 2 aromatic heterocycles. The van der Waals surface area contributed by atoms with Gasteiger partial charge < -0.3 is 9.64 Å². The predicted octanol–water partition coefficient (Wildman–Crippen LogP) is 3.46. The molecule has 1 saturated heterocycles. The summed E-state index contributed by atoms with van der Waals surface area (Å²) in [5.41, 5.74) is 5.78. The fourth-order valence-electron chi connectivity index (χ4n) is 3.82. The summed E-state index contributed by atoms with van der Waals surface area (Å²) < 4.78 is 7.75. The van der Waals surface area contributed by atoms with Crippen LogP contribution in [0.15, 0.2) is 24.3 Å². The van der Waals surface area contributed by atoms with Gasteiger partial charge in [0.05, 0.1) is 29.8 Å². The Labute approximate surface area is 147 Å². The van der Waals surface area contributed by atoms with E-state index < -0.39 is 0 Å². The molecule has 1 aliphatic heterocycles. The van der Waals surface area contributed by atoms with Gasteiger partial charge in [-0.25, -0.2) is 4.98 Å². The second kappa shape index (κ2) is 6.38. The van der Waals surface area contributed by atoms with Gasteiger partial charge in [0.1, 0.15) is 11.9 Å². The number of fused-ring (bicyclic) bond motifs is 3. The normalized spacial score (nSPS) is 15.0. The highest BCUT2D eigenvalue weighted by atomic mass is 16.5. The quantitative estimate of drug-likeness (QED) is 0.736. The van der Waals surface area contributed by atoms with Crippen LogP contribution in [0.5, 0.6) is 0 Å². The summed E-state index contributed by atoms with van der Waals surface area (Å²) >= 11 is 0. The topological polar surface area (TPSA) is 53.6 Å². The number of benzene rings is 1. The molecular formula is C20H22N4O. The second-order valence-corrected chi connectivity index (χ2v) is 6.52. The largest absolute Gasteiger partial charge is 0.378 e. The maximum Gasteiger partial charge on any atom is 0.157 e. The van der Waals surface area contributed by atoms with Crippen LogP contribution in [-0.4, -0.2) is 35.7 Å². The van der Waals surface area contributed by atoms with Gasteiger partial charge in [0.2, 0.25) is 0 Å². The summed E-state index contributed by atoms with van der Waals surface area (Å²) in [6, 6.07) is 10.5. The molecule has 0 N–H and O–H groups in total. The molecular weight excluding hydrogens is 312 g/mol. The molecule has 5 heteroatoms. The number of anilines is 1. The number of imidazole rings is 1. The lowest BCUT2D eigenvalue weighted by Crippen LogP contribution is -2.38. The number of aromatic nitrogens is 2. The summed E-state index contributed by atoms with van der Waals surface area (Å²) in [6.45, 7) is 7.45. The van der Waals surface area contributed by atoms with E-state index in [2.05, 4.69) is 35.3 Å². The monoisotopic (exact) mass is 334 g/mol. The van der Waals surface area contributed by atoms with Crippen molar-refractivity contribution in [1.29, 1.82) is 5.26 Å². The van der Waals surface area contributed by atoms with Crippen LogP contribution < -0.4 is 4.90 Å². The third-order valence-corrected chi connectivity index (χ3v) is 5.02. The molecule has 5 nitrogen and oxygen atoms in total. The molecule has 3 aromatic rings. The summed E-state index contributed by atoms with van der Waals surface area (Å²) in [6.07, 6.45) is 2.00. The Bertz CT molecular complexity index is 977. The van der Waals surface area contributed by atoms with Gasteiger partial charge >= 0.3 is 0 Å². The van der Waals surface area contributed by atoms with Gasteiger partial charge in [0.25, 0.3) is 0 Å². The zero-order chi connectivity index (χ0) is 17.4. The predicted molar refractivity (Wildman–Crippen MR) is 99.2 cm³/mol. The number of nitriles is 1. The first kappa shape index (κ1) is 15.9. The highest BCUT2D eigenvalue weighted by Crippen LogP contribution is 2.34. The van der Waals surface area contributed by atoms with E-state index in [4.69, 9.17) is 9.72 Å². The SMILES string of the molecule is CCCc1c(C)c(C#N)c2nc3ccccc3n2c1N1CCOCC1. The summed E-state index contributed by atoms with van der Waals surface area (Å²) in [4.78, 5) is 7.18. The minimum Gasteiger partial charge on any atom is -0.378 e. The lowest BCUT2D eigenvalue weighted by atomic mass is 10.00. The smallest absolute Gasteiger partial charge is 0.157 e. The van der Waals surface area contributed by atoms with Crippen LogP contribution in [0.2, 0.25) is 0 Å². The van der Waals surface area contributed by atoms with Crippen molar-refractivity contribution in [3.8, 4) is 6.07 Å². The van der Waals surface area contributed by atoms with Gasteiger partial charge in [-0.3, -0.25) is 4.40 Å². The molecule has 0 spiro atoms. The molecule has 0 unspecified atom stereocenters. The average Bonchev–Trinajstić information content (AvgIpc) is 3.02. The fourth-order valence-corrected chi connectivity index (χ4v) is 3.82. The van der Waals surface area contributed by atoms with E-state index in [1.54, 1.807) is 0 Å². The Morgan fingerprint density at radius 3 is 2.72 bits per heavy atom. The first-order valence-corrected chi connectivity index (χ1v) is 8.91. The molecule has 0 saturated carbocycles. The third kappa shape index (κ3) is 2.45. The van der Waals surface area contributed by atoms with Crippen molar-refractivity contribution in [1.82, 2.24) is 9.38 Å². The average molecular weight is 334 g/mol. The van der Waals surface area contributed by atoms with Gasteiger partial charge in [-0.1, -0.05) is 25.5 Å². The molecule has 1 aromatic carbocycles. The van der Waals surface area contributed by atoms with Crippen LogP contribution in [0.1, 0.15) is 30.0 Å². The molecule has 0 atom stereocenters. The number of morpholine rings is 1. The van der Waals surface area contributed by atoms with Crippen molar-refractivity contribution in [3.05, 3.63) is 41.0 Å². The van der Waals surface area contributed by atoms with Crippen LogP contribution in [0, 0.1) is 18.3 Å². The Morgan fingerprint density at radius 2 is 2.00 bits per heavy atom. The van der Waals surface area contributed by atoms with Gasteiger partial charge in [-0.15, -0.1) is 0 Å². The van der Waals surface area contributed by atoms with Crippen LogP contribution in [0.3, 0.4) is 0 Å². The first-order chi connectivity index (χ1) is 12.3. The molecule has 1 aliphatic rings. The fraction of sp³-hybridized carbons (Fsp3) is 0.400. The molecule has 0 amide bonds.